The summed E-state index contributed by atoms with van der Waals surface area (Å²) in [6.07, 6.45) is 3.79. The number of rotatable bonds is 14. The van der Waals surface area contributed by atoms with E-state index in [1.807, 2.05) is 60.7 Å². The van der Waals surface area contributed by atoms with Gasteiger partial charge in [0.05, 0.1) is 10.8 Å². The Bertz CT molecular complexity index is 825. The highest BCUT2D eigenvalue weighted by molar-refractivity contribution is 7.84. The summed E-state index contributed by atoms with van der Waals surface area (Å²) in [4.78, 5) is 23.7. The minimum absolute atomic E-state index is 0.498. The first-order valence-corrected chi connectivity index (χ1v) is 12.6. The average molecular weight is 459 g/mol. The number of hydrogen-bond donors (Lipinski definition) is 2. The van der Waals surface area contributed by atoms with Gasteiger partial charge in [-0.1, -0.05) is 73.5 Å². The molecule has 0 aliphatic rings. The van der Waals surface area contributed by atoms with E-state index in [1.54, 1.807) is 13.8 Å². The van der Waals surface area contributed by atoms with E-state index >= 15 is 0 Å². The molecule has 2 atom stereocenters. The Morgan fingerprint density at radius 2 is 1.03 bits per heavy atom. The Hall–Kier alpha value is -2.47. The summed E-state index contributed by atoms with van der Waals surface area (Å²) in [5.74, 6) is -0.604. The lowest BCUT2D eigenvalue weighted by Crippen LogP contribution is -2.32. The molecule has 32 heavy (non-hydrogen) atoms. The number of carbonyl (C=O) groups is 2. The monoisotopic (exact) mass is 458 g/mol. The maximum Gasteiger partial charge on any atom is 0.313 e. The van der Waals surface area contributed by atoms with Crippen LogP contribution in [-0.4, -0.2) is 37.9 Å². The van der Waals surface area contributed by atoms with Gasteiger partial charge in [0.2, 0.25) is 0 Å². The molecule has 0 aliphatic carbocycles. The smallest absolute Gasteiger partial charge is 0.313 e. The summed E-state index contributed by atoms with van der Waals surface area (Å²) >= 11 is 0. The largest absolute Gasteiger partial charge is 0.481 e. The van der Waals surface area contributed by atoms with E-state index in [0.717, 1.165) is 11.1 Å². The second-order valence-electron chi connectivity index (χ2n) is 8.77. The maximum absolute atomic E-state index is 12.4. The lowest BCUT2D eigenvalue weighted by atomic mass is 9.78. The Morgan fingerprint density at radius 3 is 1.34 bits per heavy atom. The van der Waals surface area contributed by atoms with Gasteiger partial charge >= 0.3 is 11.9 Å². The molecule has 0 heterocycles. The second kappa shape index (κ2) is 12.0. The zero-order valence-corrected chi connectivity index (χ0v) is 19.8. The summed E-state index contributed by atoms with van der Waals surface area (Å²) in [5, 5.41) is 19.4. The molecule has 0 fully saturated rings. The van der Waals surface area contributed by atoms with Crippen LogP contribution >= 0.6 is 0 Å². The highest BCUT2D eigenvalue weighted by Gasteiger charge is 2.35. The molecule has 6 heteroatoms. The van der Waals surface area contributed by atoms with E-state index in [-0.39, 0.29) is 0 Å². The zero-order valence-electron chi connectivity index (χ0n) is 19.0. The minimum atomic E-state index is -0.982. The number of carboxylic acid groups (broad SMARTS) is 2. The van der Waals surface area contributed by atoms with Crippen molar-refractivity contribution in [1.29, 1.82) is 0 Å². The molecule has 0 radical (unpaired) electrons. The number of benzene rings is 2. The molecule has 0 amide bonds. The molecule has 0 bridgehead atoms. The Morgan fingerprint density at radius 1 is 0.688 bits per heavy atom. The molecule has 174 valence electrons. The van der Waals surface area contributed by atoms with Crippen LogP contribution in [0.25, 0.3) is 0 Å². The van der Waals surface area contributed by atoms with Crippen LogP contribution in [0.1, 0.15) is 63.5 Å². The van der Waals surface area contributed by atoms with Crippen molar-refractivity contribution in [1.82, 2.24) is 0 Å². The van der Waals surface area contributed by atoms with Gasteiger partial charge in [-0.3, -0.25) is 13.8 Å². The van der Waals surface area contributed by atoms with Crippen molar-refractivity contribution >= 4 is 22.7 Å². The first kappa shape index (κ1) is 25.8. The Kier molecular flexibility index (Phi) is 9.63. The maximum atomic E-state index is 12.4. The number of hydrogen-bond acceptors (Lipinski definition) is 3. The topological polar surface area (TPSA) is 91.7 Å². The predicted octanol–water partition coefficient (Wildman–Crippen LogP) is 5.16. The van der Waals surface area contributed by atoms with Crippen LogP contribution in [0.3, 0.4) is 0 Å². The second-order valence-corrected chi connectivity index (χ2v) is 10.5. The van der Waals surface area contributed by atoms with Gasteiger partial charge in [-0.2, -0.15) is 0 Å². The van der Waals surface area contributed by atoms with E-state index in [0.29, 0.717) is 50.0 Å². The Balaban J connectivity index is 1.74. The number of aliphatic carboxylic acids is 2. The first-order valence-electron chi connectivity index (χ1n) is 11.1. The van der Waals surface area contributed by atoms with Gasteiger partial charge in [-0.15, -0.1) is 0 Å². The summed E-state index contributed by atoms with van der Waals surface area (Å²) in [5.41, 5.74) is -0.315. The molecule has 0 saturated heterocycles. The minimum Gasteiger partial charge on any atom is -0.481 e. The fourth-order valence-electron chi connectivity index (χ4n) is 3.95. The Labute approximate surface area is 193 Å². The van der Waals surface area contributed by atoms with Crippen LogP contribution in [0, 0.1) is 0 Å². The van der Waals surface area contributed by atoms with E-state index in [4.69, 9.17) is 0 Å². The summed E-state index contributed by atoms with van der Waals surface area (Å²) in [6.45, 7) is 3.49. The van der Waals surface area contributed by atoms with Gasteiger partial charge in [0, 0.05) is 22.3 Å². The molecule has 0 spiro atoms. The molecule has 2 unspecified atom stereocenters. The highest BCUT2D eigenvalue weighted by Crippen LogP contribution is 2.31. The highest BCUT2D eigenvalue weighted by atomic mass is 32.2. The van der Waals surface area contributed by atoms with Crippen LogP contribution in [0.4, 0.5) is 0 Å². The molecule has 2 rings (SSSR count). The molecule has 2 aromatic rings. The van der Waals surface area contributed by atoms with Gasteiger partial charge in [-0.25, -0.2) is 0 Å². The lowest BCUT2D eigenvalue weighted by molar-refractivity contribution is -0.144. The van der Waals surface area contributed by atoms with E-state index in [9.17, 15) is 24.0 Å². The van der Waals surface area contributed by atoms with Crippen LogP contribution in [0.5, 0.6) is 0 Å². The van der Waals surface area contributed by atoms with Crippen molar-refractivity contribution < 1.29 is 24.0 Å². The molecule has 0 aromatic heterocycles. The molecule has 2 aromatic carbocycles. The van der Waals surface area contributed by atoms with Crippen molar-refractivity contribution in [2.45, 2.75) is 63.2 Å². The van der Waals surface area contributed by atoms with E-state index in [1.165, 1.54) is 0 Å². The summed E-state index contributed by atoms with van der Waals surface area (Å²) in [7, 11) is -0.982. The third-order valence-corrected chi connectivity index (χ3v) is 7.85. The first-order chi connectivity index (χ1) is 15.2. The van der Waals surface area contributed by atoms with E-state index in [2.05, 4.69) is 0 Å². The lowest BCUT2D eigenvalue weighted by Gasteiger charge is -2.25. The third kappa shape index (κ3) is 6.76. The normalized spacial score (nSPS) is 15.9. The predicted molar refractivity (Wildman–Crippen MR) is 128 cm³/mol. The average Bonchev–Trinajstić information content (AvgIpc) is 2.80. The van der Waals surface area contributed by atoms with Gasteiger partial charge in [0.15, 0.2) is 0 Å². The van der Waals surface area contributed by atoms with Crippen LogP contribution in [-0.2, 0) is 31.2 Å². The van der Waals surface area contributed by atoms with Gasteiger partial charge in [0.1, 0.15) is 0 Å². The van der Waals surface area contributed by atoms with Crippen LogP contribution < -0.4 is 0 Å². The van der Waals surface area contributed by atoms with Crippen LogP contribution in [0.15, 0.2) is 60.7 Å². The van der Waals surface area contributed by atoms with E-state index < -0.39 is 33.6 Å². The van der Waals surface area contributed by atoms with Crippen molar-refractivity contribution in [3.63, 3.8) is 0 Å². The molecular weight excluding hydrogens is 424 g/mol. The molecular formula is C26H34O5S. The third-order valence-electron chi connectivity index (χ3n) is 6.36. The molecule has 0 aliphatic heterocycles. The quantitative estimate of drug-likeness (QED) is 0.382. The summed E-state index contributed by atoms with van der Waals surface area (Å²) in [6, 6.07) is 18.5. The van der Waals surface area contributed by atoms with Crippen molar-refractivity contribution in [2.24, 2.45) is 0 Å². The standard InChI is InChI=1S/C26H34O5S/c1-25(23(27)28,21-13-5-3-6-14-21)17-9-11-19-32(31)20-12-10-18-26(2,24(29)30)22-15-7-4-8-16-22/h3-8,13-16H,9-12,17-20H2,1-2H3,(H,27,28)(H,29,30). The summed E-state index contributed by atoms with van der Waals surface area (Å²) < 4.78 is 12.4. The fourth-order valence-corrected chi connectivity index (χ4v) is 5.20. The SMILES string of the molecule is CC(CCCCS(=O)CCCCC(C)(C(=O)O)c1ccccc1)(C(=O)O)c1ccccc1. The van der Waals surface area contributed by atoms with Crippen molar-refractivity contribution in [2.75, 3.05) is 11.5 Å². The van der Waals surface area contributed by atoms with Crippen molar-refractivity contribution in [3.8, 4) is 0 Å². The van der Waals surface area contributed by atoms with Crippen LogP contribution in [0.2, 0.25) is 0 Å². The number of carboxylic acids is 2. The van der Waals surface area contributed by atoms with Gasteiger partial charge < -0.3 is 10.2 Å². The number of unbranched alkanes of at least 4 members (excludes halogenated alkanes) is 2. The van der Waals surface area contributed by atoms with Crippen molar-refractivity contribution in [3.05, 3.63) is 71.8 Å². The zero-order chi connectivity index (χ0) is 23.6. The molecule has 0 saturated carbocycles. The molecule has 5 nitrogen and oxygen atoms in total. The fraction of sp³-hybridized carbons (Fsp3) is 0.462. The van der Waals surface area contributed by atoms with Gasteiger partial charge in [0.25, 0.3) is 0 Å². The molecule has 2 N–H and O–H groups in total. The van der Waals surface area contributed by atoms with Gasteiger partial charge in [-0.05, 0) is 50.7 Å².